The molecule has 0 radical (unpaired) electrons. The van der Waals surface area contributed by atoms with Gasteiger partial charge in [-0.25, -0.2) is 0 Å². The van der Waals surface area contributed by atoms with Crippen LogP contribution in [0.15, 0.2) is 23.1 Å². The molecule has 2 amide bonds. The first kappa shape index (κ1) is 18.1. The van der Waals surface area contributed by atoms with E-state index in [1.807, 2.05) is 6.07 Å². The third kappa shape index (κ3) is 3.60. The summed E-state index contributed by atoms with van der Waals surface area (Å²) in [4.78, 5) is 26.7. The fourth-order valence-corrected chi connectivity index (χ4v) is 5.79. The molecule has 5 nitrogen and oxygen atoms in total. The number of carbonyl (C=O) groups excluding carboxylic acids is 2. The van der Waals surface area contributed by atoms with Crippen molar-refractivity contribution in [3.05, 3.63) is 39.8 Å². The largest absolute Gasteiger partial charge is 0.325 e. The van der Waals surface area contributed by atoms with E-state index in [0.29, 0.717) is 34.2 Å². The van der Waals surface area contributed by atoms with Crippen molar-refractivity contribution < 1.29 is 9.59 Å². The summed E-state index contributed by atoms with van der Waals surface area (Å²) >= 11 is 3.12. The van der Waals surface area contributed by atoms with Crippen molar-refractivity contribution in [2.75, 3.05) is 16.4 Å². The molecule has 4 rings (SSSR count). The van der Waals surface area contributed by atoms with Gasteiger partial charge in [-0.15, -0.1) is 23.1 Å². The van der Waals surface area contributed by atoms with Gasteiger partial charge in [-0.3, -0.25) is 9.59 Å². The Labute approximate surface area is 166 Å². The Morgan fingerprint density at radius 1 is 1.37 bits per heavy atom. The molecule has 27 heavy (non-hydrogen) atoms. The average molecular weight is 398 g/mol. The predicted molar refractivity (Wildman–Crippen MR) is 109 cm³/mol. The molecule has 7 heteroatoms. The Balaban J connectivity index is 1.60. The zero-order chi connectivity index (χ0) is 19.0. The van der Waals surface area contributed by atoms with Gasteiger partial charge in [0.15, 0.2) is 0 Å². The second-order valence-corrected chi connectivity index (χ2v) is 9.22. The normalized spacial score (nSPS) is 18.5. The summed E-state index contributed by atoms with van der Waals surface area (Å²) in [6.45, 7) is 2.22. The summed E-state index contributed by atoms with van der Waals surface area (Å²) in [5, 5.41) is 16.0. The molecule has 1 aromatic heterocycles. The highest BCUT2D eigenvalue weighted by molar-refractivity contribution is 7.99. The number of thiophene rings is 1. The molecular formula is C20H19N3O2S2. The summed E-state index contributed by atoms with van der Waals surface area (Å²) in [5.74, 6) is 1.04. The van der Waals surface area contributed by atoms with E-state index < -0.39 is 0 Å². The van der Waals surface area contributed by atoms with Gasteiger partial charge >= 0.3 is 0 Å². The maximum Gasteiger partial charge on any atom is 0.256 e. The standard InChI is InChI=1S/C20H19N3O2S2/c1-11-2-4-13-14(10-21)20(27-17(13)8-11)23-19(25)12-3-5-16-15(9-12)22-18(24)6-7-26-16/h3,5,9,11H,2,4,6-8H2,1H3,(H,22,24)(H,23,25)/t11-/m0/s1. The summed E-state index contributed by atoms with van der Waals surface area (Å²) in [6, 6.07) is 7.62. The van der Waals surface area contributed by atoms with Gasteiger partial charge in [-0.2, -0.15) is 5.26 Å². The van der Waals surface area contributed by atoms with E-state index in [4.69, 9.17) is 0 Å². The van der Waals surface area contributed by atoms with E-state index in [0.717, 1.165) is 35.5 Å². The summed E-state index contributed by atoms with van der Waals surface area (Å²) in [5.41, 5.74) is 2.85. The lowest BCUT2D eigenvalue weighted by Gasteiger charge is -2.17. The second-order valence-electron chi connectivity index (χ2n) is 6.98. The molecule has 1 aromatic carbocycles. The van der Waals surface area contributed by atoms with Gasteiger partial charge in [0, 0.05) is 27.5 Å². The Morgan fingerprint density at radius 3 is 3.04 bits per heavy atom. The zero-order valence-corrected chi connectivity index (χ0v) is 16.6. The molecule has 0 fully saturated rings. The molecule has 138 valence electrons. The fourth-order valence-electron chi connectivity index (χ4n) is 3.49. The average Bonchev–Trinajstić information content (AvgIpc) is 2.86. The molecule has 0 bridgehead atoms. The first-order chi connectivity index (χ1) is 13.0. The van der Waals surface area contributed by atoms with Gasteiger partial charge in [0.2, 0.25) is 5.91 Å². The van der Waals surface area contributed by atoms with Crippen molar-refractivity contribution in [2.45, 2.75) is 37.5 Å². The van der Waals surface area contributed by atoms with Gasteiger partial charge in [0.25, 0.3) is 5.91 Å². The molecule has 2 heterocycles. The van der Waals surface area contributed by atoms with Gasteiger partial charge in [-0.1, -0.05) is 6.92 Å². The number of nitriles is 1. The van der Waals surface area contributed by atoms with E-state index in [1.54, 1.807) is 23.9 Å². The molecular weight excluding hydrogens is 378 g/mol. The fraction of sp³-hybridized carbons (Fsp3) is 0.350. The molecule has 0 saturated carbocycles. The molecule has 0 unspecified atom stereocenters. The Bertz CT molecular complexity index is 974. The Morgan fingerprint density at radius 2 is 2.22 bits per heavy atom. The minimum absolute atomic E-state index is 0.0365. The monoisotopic (exact) mass is 397 g/mol. The highest BCUT2D eigenvalue weighted by atomic mass is 32.2. The second kappa shape index (κ2) is 7.37. The number of carbonyl (C=O) groups is 2. The van der Waals surface area contributed by atoms with Crippen LogP contribution in [0.25, 0.3) is 0 Å². The van der Waals surface area contributed by atoms with Gasteiger partial charge in [0.05, 0.1) is 11.3 Å². The zero-order valence-electron chi connectivity index (χ0n) is 14.9. The number of thioether (sulfide) groups is 1. The van der Waals surface area contributed by atoms with E-state index in [1.165, 1.54) is 16.2 Å². The molecule has 0 spiro atoms. The van der Waals surface area contributed by atoms with E-state index >= 15 is 0 Å². The molecule has 2 N–H and O–H groups in total. The van der Waals surface area contributed by atoms with E-state index in [-0.39, 0.29) is 11.8 Å². The summed E-state index contributed by atoms with van der Waals surface area (Å²) < 4.78 is 0. The first-order valence-corrected chi connectivity index (χ1v) is 10.8. The third-order valence-electron chi connectivity index (χ3n) is 4.95. The first-order valence-electron chi connectivity index (χ1n) is 8.98. The van der Waals surface area contributed by atoms with Crippen LogP contribution in [0.3, 0.4) is 0 Å². The number of anilines is 2. The molecule has 1 atom stereocenters. The maximum absolute atomic E-state index is 12.8. The van der Waals surface area contributed by atoms with Crippen LogP contribution in [0.4, 0.5) is 10.7 Å². The number of fused-ring (bicyclic) bond motifs is 2. The third-order valence-corrected chi connectivity index (χ3v) is 7.20. The molecule has 2 aliphatic rings. The van der Waals surface area contributed by atoms with Crippen molar-refractivity contribution in [3.8, 4) is 6.07 Å². The quantitative estimate of drug-likeness (QED) is 0.785. The lowest BCUT2D eigenvalue weighted by atomic mass is 9.88. The number of nitrogens with one attached hydrogen (secondary N) is 2. The van der Waals surface area contributed by atoms with Crippen LogP contribution < -0.4 is 10.6 Å². The number of hydrogen-bond acceptors (Lipinski definition) is 5. The molecule has 1 aliphatic heterocycles. The molecule has 2 aromatic rings. The van der Waals surface area contributed by atoms with Crippen molar-refractivity contribution in [2.24, 2.45) is 5.92 Å². The van der Waals surface area contributed by atoms with E-state index in [2.05, 4.69) is 23.6 Å². The number of benzene rings is 1. The van der Waals surface area contributed by atoms with Crippen molar-refractivity contribution in [1.82, 2.24) is 0 Å². The SMILES string of the molecule is C[C@H]1CCc2c(sc(NC(=O)c3ccc4c(c3)NC(=O)CCS4)c2C#N)C1. The van der Waals surface area contributed by atoms with Crippen LogP contribution in [-0.4, -0.2) is 17.6 Å². The van der Waals surface area contributed by atoms with Gasteiger partial charge in [0.1, 0.15) is 11.1 Å². The van der Waals surface area contributed by atoms with Crippen LogP contribution in [0.5, 0.6) is 0 Å². The van der Waals surface area contributed by atoms with Crippen LogP contribution in [0.1, 0.15) is 46.1 Å². The maximum atomic E-state index is 12.8. The Kier molecular flexibility index (Phi) is 4.94. The van der Waals surface area contributed by atoms with Crippen LogP contribution >= 0.6 is 23.1 Å². The van der Waals surface area contributed by atoms with Crippen LogP contribution in [0, 0.1) is 17.2 Å². The van der Waals surface area contributed by atoms with Gasteiger partial charge in [-0.05, 0) is 48.9 Å². The highest BCUT2D eigenvalue weighted by Crippen LogP contribution is 2.39. The lowest BCUT2D eigenvalue weighted by molar-refractivity contribution is -0.115. The minimum Gasteiger partial charge on any atom is -0.325 e. The topological polar surface area (TPSA) is 82.0 Å². The predicted octanol–water partition coefficient (Wildman–Crippen LogP) is 4.43. The number of rotatable bonds is 2. The van der Waals surface area contributed by atoms with Crippen LogP contribution in [0.2, 0.25) is 0 Å². The highest BCUT2D eigenvalue weighted by Gasteiger charge is 2.25. The Hall–Kier alpha value is -2.30. The van der Waals surface area contributed by atoms with Crippen molar-refractivity contribution in [3.63, 3.8) is 0 Å². The summed E-state index contributed by atoms with van der Waals surface area (Å²) in [6.07, 6.45) is 3.40. The summed E-state index contributed by atoms with van der Waals surface area (Å²) in [7, 11) is 0. The van der Waals surface area contributed by atoms with Gasteiger partial charge < -0.3 is 10.6 Å². The van der Waals surface area contributed by atoms with E-state index in [9.17, 15) is 14.9 Å². The number of amides is 2. The smallest absolute Gasteiger partial charge is 0.256 e. The van der Waals surface area contributed by atoms with Crippen molar-refractivity contribution >= 4 is 45.6 Å². The lowest BCUT2D eigenvalue weighted by Crippen LogP contribution is -2.14. The molecule has 0 saturated heterocycles. The van der Waals surface area contributed by atoms with Crippen molar-refractivity contribution in [1.29, 1.82) is 5.26 Å². The van der Waals surface area contributed by atoms with Crippen LogP contribution in [-0.2, 0) is 17.6 Å². The minimum atomic E-state index is -0.260. The number of hydrogen-bond donors (Lipinski definition) is 2. The molecule has 1 aliphatic carbocycles. The number of nitrogens with zero attached hydrogens (tertiary/aromatic N) is 1.